The van der Waals surface area contributed by atoms with Crippen molar-refractivity contribution in [3.8, 4) is 0 Å². The molecule has 0 spiro atoms. The van der Waals surface area contributed by atoms with Crippen LogP contribution in [0.1, 0.15) is 10.4 Å². The summed E-state index contributed by atoms with van der Waals surface area (Å²) in [6.07, 6.45) is 0. The zero-order valence-electron chi connectivity index (χ0n) is 10.2. The summed E-state index contributed by atoms with van der Waals surface area (Å²) in [4.78, 5) is 2.83. The topological polar surface area (TPSA) is 0 Å². The van der Waals surface area contributed by atoms with Crippen LogP contribution in [-0.2, 0) is 5.75 Å². The molecule has 0 fully saturated rings. The highest BCUT2D eigenvalue weighted by atomic mass is 32.2. The van der Waals surface area contributed by atoms with Gasteiger partial charge in [0.2, 0.25) is 0 Å². The van der Waals surface area contributed by atoms with Gasteiger partial charge in [0.1, 0.15) is 0 Å². The fourth-order valence-corrected chi connectivity index (χ4v) is 4.31. The molecule has 90 valence electrons. The number of benzene rings is 2. The molecule has 18 heavy (non-hydrogen) atoms. The number of aryl methyl sites for hydroxylation is 1. The Labute approximate surface area is 116 Å². The molecule has 0 aliphatic heterocycles. The Morgan fingerprint density at radius 2 is 1.67 bits per heavy atom. The minimum atomic E-state index is 1.06. The van der Waals surface area contributed by atoms with Crippen molar-refractivity contribution in [3.63, 3.8) is 0 Å². The second-order valence-corrected chi connectivity index (χ2v) is 6.43. The lowest BCUT2D eigenvalue weighted by Crippen LogP contribution is -1.78. The van der Waals surface area contributed by atoms with Crippen molar-refractivity contribution in [1.29, 1.82) is 0 Å². The minimum Gasteiger partial charge on any atom is -0.139 e. The molecule has 0 atom stereocenters. The van der Waals surface area contributed by atoms with Crippen LogP contribution in [0.25, 0.3) is 10.1 Å². The molecule has 1 heterocycles. The van der Waals surface area contributed by atoms with Gasteiger partial charge in [-0.05, 0) is 36.1 Å². The summed E-state index contributed by atoms with van der Waals surface area (Å²) in [7, 11) is 0. The monoisotopic (exact) mass is 270 g/mol. The number of fused-ring (bicyclic) bond motifs is 1. The van der Waals surface area contributed by atoms with E-state index in [4.69, 9.17) is 0 Å². The van der Waals surface area contributed by atoms with Crippen LogP contribution in [0.15, 0.2) is 59.5 Å². The van der Waals surface area contributed by atoms with Crippen molar-refractivity contribution in [2.75, 3.05) is 0 Å². The zero-order chi connectivity index (χ0) is 12.4. The van der Waals surface area contributed by atoms with Crippen LogP contribution in [0.5, 0.6) is 0 Å². The lowest BCUT2D eigenvalue weighted by molar-refractivity contribution is 1.39. The van der Waals surface area contributed by atoms with E-state index in [2.05, 4.69) is 61.5 Å². The van der Waals surface area contributed by atoms with Crippen molar-refractivity contribution in [2.24, 2.45) is 0 Å². The van der Waals surface area contributed by atoms with E-state index in [1.807, 2.05) is 23.1 Å². The summed E-state index contributed by atoms with van der Waals surface area (Å²) >= 11 is 3.84. The zero-order valence-corrected chi connectivity index (χ0v) is 11.9. The number of thiophene rings is 1. The van der Waals surface area contributed by atoms with Gasteiger partial charge in [-0.1, -0.05) is 36.4 Å². The molecule has 0 amide bonds. The molecule has 1 aromatic heterocycles. The van der Waals surface area contributed by atoms with E-state index in [1.165, 1.54) is 25.4 Å². The van der Waals surface area contributed by atoms with Crippen LogP contribution in [0.2, 0.25) is 0 Å². The molecular formula is C16H14S2. The molecule has 2 aromatic carbocycles. The summed E-state index contributed by atoms with van der Waals surface area (Å²) < 4.78 is 1.40. The van der Waals surface area contributed by atoms with E-state index in [0.717, 1.165) is 5.75 Å². The van der Waals surface area contributed by atoms with Gasteiger partial charge in [-0.2, -0.15) is 0 Å². The summed E-state index contributed by atoms with van der Waals surface area (Å²) in [5.41, 5.74) is 1.44. The maximum absolute atomic E-state index is 2.24. The van der Waals surface area contributed by atoms with Gasteiger partial charge in [0.15, 0.2) is 0 Å². The Kier molecular flexibility index (Phi) is 3.39. The molecule has 0 nitrogen and oxygen atoms in total. The van der Waals surface area contributed by atoms with Crippen molar-refractivity contribution in [1.82, 2.24) is 0 Å². The molecule has 0 aliphatic carbocycles. The fourth-order valence-electron chi connectivity index (χ4n) is 2.03. The van der Waals surface area contributed by atoms with Crippen LogP contribution >= 0.6 is 23.1 Å². The van der Waals surface area contributed by atoms with Gasteiger partial charge in [-0.25, -0.2) is 0 Å². The number of rotatable bonds is 3. The van der Waals surface area contributed by atoms with Crippen LogP contribution in [0.4, 0.5) is 0 Å². The van der Waals surface area contributed by atoms with Crippen molar-refractivity contribution >= 4 is 33.2 Å². The van der Waals surface area contributed by atoms with Crippen LogP contribution in [0.3, 0.4) is 0 Å². The predicted octanol–water partition coefficient (Wildman–Crippen LogP) is 5.50. The van der Waals surface area contributed by atoms with E-state index >= 15 is 0 Å². The second-order valence-electron chi connectivity index (χ2n) is 4.25. The summed E-state index contributed by atoms with van der Waals surface area (Å²) in [5.74, 6) is 1.06. The average molecular weight is 270 g/mol. The third-order valence-electron chi connectivity index (χ3n) is 3.06. The molecule has 3 rings (SSSR count). The van der Waals surface area contributed by atoms with Gasteiger partial charge in [0, 0.05) is 20.2 Å². The SMILES string of the molecule is Cc1c(CSc2ccccc2)sc2ccccc12. The van der Waals surface area contributed by atoms with Crippen LogP contribution in [0, 0.1) is 6.92 Å². The Hall–Kier alpha value is -1.25. The molecule has 0 saturated heterocycles. The number of hydrogen-bond acceptors (Lipinski definition) is 2. The lowest BCUT2D eigenvalue weighted by Gasteiger charge is -2.00. The van der Waals surface area contributed by atoms with Gasteiger partial charge in [-0.15, -0.1) is 23.1 Å². The first-order chi connectivity index (χ1) is 8.84. The van der Waals surface area contributed by atoms with E-state index < -0.39 is 0 Å². The summed E-state index contributed by atoms with van der Waals surface area (Å²) in [6, 6.07) is 19.3. The Morgan fingerprint density at radius 3 is 2.44 bits per heavy atom. The standard InChI is InChI=1S/C16H14S2/c1-12-14-9-5-6-10-15(14)18-16(12)11-17-13-7-3-2-4-8-13/h2-10H,11H2,1H3. The highest BCUT2D eigenvalue weighted by Crippen LogP contribution is 2.34. The Morgan fingerprint density at radius 1 is 0.944 bits per heavy atom. The van der Waals surface area contributed by atoms with E-state index in [9.17, 15) is 0 Å². The van der Waals surface area contributed by atoms with E-state index in [0.29, 0.717) is 0 Å². The summed E-state index contributed by atoms with van der Waals surface area (Å²) in [5, 5.41) is 1.41. The Bertz CT molecular complexity index is 653. The van der Waals surface area contributed by atoms with Crippen LogP contribution in [-0.4, -0.2) is 0 Å². The minimum absolute atomic E-state index is 1.06. The highest BCUT2D eigenvalue weighted by molar-refractivity contribution is 7.98. The first kappa shape index (κ1) is 11.8. The van der Waals surface area contributed by atoms with Gasteiger partial charge in [0.05, 0.1) is 0 Å². The van der Waals surface area contributed by atoms with E-state index in [1.54, 1.807) is 0 Å². The molecule has 3 aromatic rings. The third-order valence-corrected chi connectivity index (χ3v) is 5.55. The van der Waals surface area contributed by atoms with Crippen molar-refractivity contribution in [3.05, 3.63) is 65.0 Å². The fraction of sp³-hybridized carbons (Fsp3) is 0.125. The number of hydrogen-bond donors (Lipinski definition) is 0. The van der Waals surface area contributed by atoms with Gasteiger partial charge in [0.25, 0.3) is 0 Å². The van der Waals surface area contributed by atoms with Gasteiger partial charge >= 0.3 is 0 Å². The first-order valence-electron chi connectivity index (χ1n) is 5.99. The van der Waals surface area contributed by atoms with E-state index in [-0.39, 0.29) is 0 Å². The van der Waals surface area contributed by atoms with Gasteiger partial charge in [-0.3, -0.25) is 0 Å². The molecule has 0 N–H and O–H groups in total. The maximum atomic E-state index is 2.24. The normalized spacial score (nSPS) is 10.9. The smallest absolute Gasteiger partial charge is 0.0348 e. The maximum Gasteiger partial charge on any atom is 0.0348 e. The molecular weight excluding hydrogens is 256 g/mol. The molecule has 0 unspecified atom stereocenters. The van der Waals surface area contributed by atoms with Crippen molar-refractivity contribution < 1.29 is 0 Å². The molecule has 2 heteroatoms. The second kappa shape index (κ2) is 5.17. The predicted molar refractivity (Wildman–Crippen MR) is 82.6 cm³/mol. The summed E-state index contributed by atoms with van der Waals surface area (Å²) in [6.45, 7) is 2.24. The van der Waals surface area contributed by atoms with Gasteiger partial charge < -0.3 is 0 Å². The molecule has 0 saturated carbocycles. The number of thioether (sulfide) groups is 1. The molecule has 0 aliphatic rings. The third kappa shape index (κ3) is 2.31. The quantitative estimate of drug-likeness (QED) is 0.566. The largest absolute Gasteiger partial charge is 0.139 e. The van der Waals surface area contributed by atoms with Crippen LogP contribution < -0.4 is 0 Å². The molecule has 0 bridgehead atoms. The lowest BCUT2D eigenvalue weighted by atomic mass is 10.2. The Balaban J connectivity index is 1.85. The highest BCUT2D eigenvalue weighted by Gasteiger charge is 2.07. The average Bonchev–Trinajstić information content (AvgIpc) is 2.75. The molecule has 0 radical (unpaired) electrons. The first-order valence-corrected chi connectivity index (χ1v) is 7.79. The van der Waals surface area contributed by atoms with Crippen molar-refractivity contribution in [2.45, 2.75) is 17.6 Å².